The van der Waals surface area contributed by atoms with E-state index in [0.717, 1.165) is 23.2 Å². The number of carbonyl (C=O) groups is 2. The van der Waals surface area contributed by atoms with Crippen molar-refractivity contribution >= 4 is 28.8 Å². The van der Waals surface area contributed by atoms with Gasteiger partial charge in [-0.2, -0.15) is 0 Å². The highest BCUT2D eigenvalue weighted by Gasteiger charge is 2.25. The van der Waals surface area contributed by atoms with Crippen molar-refractivity contribution in [2.45, 2.75) is 45.2 Å². The average molecular weight is 483 g/mol. The van der Waals surface area contributed by atoms with Crippen LogP contribution in [-0.4, -0.2) is 36.6 Å². The molecule has 3 atom stereocenters. The molecule has 3 aromatic rings. The lowest BCUT2D eigenvalue weighted by atomic mass is 10.0. The molecule has 0 aliphatic rings. The van der Waals surface area contributed by atoms with Gasteiger partial charge in [0, 0.05) is 42.2 Å². The van der Waals surface area contributed by atoms with E-state index in [-0.39, 0.29) is 11.8 Å². The summed E-state index contributed by atoms with van der Waals surface area (Å²) in [6, 6.07) is 15.1. The average Bonchev–Trinajstić information content (AvgIpc) is 3.29. The van der Waals surface area contributed by atoms with Crippen molar-refractivity contribution in [1.82, 2.24) is 20.6 Å². The van der Waals surface area contributed by atoms with Crippen LogP contribution in [0.1, 0.15) is 42.5 Å². The summed E-state index contributed by atoms with van der Waals surface area (Å²) in [4.78, 5) is 32.7. The van der Waals surface area contributed by atoms with Gasteiger partial charge in [0.2, 0.25) is 11.8 Å². The molecule has 1 aromatic heterocycles. The van der Waals surface area contributed by atoms with Crippen molar-refractivity contribution < 1.29 is 18.4 Å². The number of carbonyl (C=O) groups excluding carboxylic acids is 2. The third-order valence-corrected chi connectivity index (χ3v) is 5.65. The molecule has 0 fully saturated rings. The van der Waals surface area contributed by atoms with E-state index < -0.39 is 23.4 Å². The highest BCUT2D eigenvalue weighted by Crippen LogP contribution is 2.19. The molecule has 0 aliphatic carbocycles. The zero-order valence-corrected chi connectivity index (χ0v) is 19.9. The molecule has 0 aliphatic heterocycles. The van der Waals surface area contributed by atoms with Crippen LogP contribution in [0.4, 0.5) is 5.69 Å². The van der Waals surface area contributed by atoms with Crippen molar-refractivity contribution in [3.63, 3.8) is 0 Å². The predicted octanol–water partition coefficient (Wildman–Crippen LogP) is 2.33. The molecule has 1 heterocycles. The van der Waals surface area contributed by atoms with E-state index in [1.807, 2.05) is 37.3 Å². The molecule has 0 radical (unpaired) electrons. The Morgan fingerprint density at radius 1 is 1.03 bits per heavy atom. The predicted molar refractivity (Wildman–Crippen MR) is 129 cm³/mol. The third kappa shape index (κ3) is 7.53. The summed E-state index contributed by atoms with van der Waals surface area (Å²) in [5.74, 6) is -0.00867. The molecular formula is C24H28N5O4S-. The number of aryl methyl sites for hydroxylation is 1. The molecule has 180 valence electrons. The van der Waals surface area contributed by atoms with E-state index in [2.05, 4.69) is 25.3 Å². The number of rotatable bonds is 11. The monoisotopic (exact) mass is 482 g/mol. The first kappa shape index (κ1) is 25.1. The second-order valence-electron chi connectivity index (χ2n) is 7.89. The molecule has 34 heavy (non-hydrogen) atoms. The number of hydrogen-bond donors (Lipinski definition) is 4. The van der Waals surface area contributed by atoms with Gasteiger partial charge in [0.1, 0.15) is 11.9 Å². The maximum absolute atomic E-state index is 13.3. The van der Waals surface area contributed by atoms with Crippen molar-refractivity contribution in [2.75, 3.05) is 4.72 Å². The van der Waals surface area contributed by atoms with Gasteiger partial charge in [-0.1, -0.05) is 49.4 Å². The number of benzene rings is 2. The fourth-order valence-corrected chi connectivity index (χ4v) is 3.90. The molecule has 3 rings (SSSR count). The molecule has 2 aromatic carbocycles. The van der Waals surface area contributed by atoms with Gasteiger partial charge >= 0.3 is 0 Å². The Morgan fingerprint density at radius 2 is 1.71 bits per heavy atom. The maximum Gasteiger partial charge on any atom is 0.243 e. The zero-order valence-electron chi connectivity index (χ0n) is 19.0. The van der Waals surface area contributed by atoms with Crippen LogP contribution in [0.25, 0.3) is 0 Å². The fourth-order valence-electron chi connectivity index (χ4n) is 3.57. The number of amides is 2. The lowest BCUT2D eigenvalue weighted by Gasteiger charge is -2.23. The molecule has 4 N–H and O–H groups in total. The van der Waals surface area contributed by atoms with Crippen LogP contribution in [0.2, 0.25) is 0 Å². The zero-order chi connectivity index (χ0) is 24.5. The minimum absolute atomic E-state index is 0.294. The largest absolute Gasteiger partial charge is 0.755 e. The molecule has 9 nitrogen and oxygen atoms in total. The van der Waals surface area contributed by atoms with Gasteiger partial charge in [0.15, 0.2) is 0 Å². The summed E-state index contributed by atoms with van der Waals surface area (Å²) in [7, 11) is 0. The van der Waals surface area contributed by atoms with Gasteiger partial charge in [-0.3, -0.25) is 13.8 Å². The quantitative estimate of drug-likeness (QED) is 0.311. The smallest absolute Gasteiger partial charge is 0.243 e. The summed E-state index contributed by atoms with van der Waals surface area (Å²) in [6.07, 6.45) is 3.27. The number of nitrogens with zero attached hydrogens (tertiary/aromatic N) is 1. The van der Waals surface area contributed by atoms with Crippen molar-refractivity contribution in [3.05, 3.63) is 83.4 Å². The second kappa shape index (κ2) is 12.1. The highest BCUT2D eigenvalue weighted by atomic mass is 32.2. The summed E-state index contributed by atoms with van der Waals surface area (Å²) in [5, 5.41) is 5.77. The van der Waals surface area contributed by atoms with Crippen LogP contribution >= 0.6 is 0 Å². The number of H-pyrrole nitrogens is 1. The van der Waals surface area contributed by atoms with Crippen LogP contribution in [0, 0.1) is 0 Å². The molecule has 10 heteroatoms. The summed E-state index contributed by atoms with van der Waals surface area (Å²) in [5.41, 5.74) is 3.19. The van der Waals surface area contributed by atoms with E-state index in [1.54, 1.807) is 30.5 Å². The number of aromatic nitrogens is 2. The van der Waals surface area contributed by atoms with E-state index >= 15 is 0 Å². The number of nitrogens with one attached hydrogen (secondary N) is 4. The lowest BCUT2D eigenvalue weighted by molar-refractivity contribution is -0.128. The van der Waals surface area contributed by atoms with Crippen molar-refractivity contribution in [2.24, 2.45) is 0 Å². The molecule has 0 saturated carbocycles. The number of hydrogen-bond acceptors (Lipinski definition) is 5. The number of aromatic amines is 1. The van der Waals surface area contributed by atoms with Crippen LogP contribution in [0.5, 0.6) is 0 Å². The minimum atomic E-state index is -2.40. The minimum Gasteiger partial charge on any atom is -0.755 e. The van der Waals surface area contributed by atoms with Gasteiger partial charge in [0.05, 0.1) is 6.04 Å². The Bertz CT molecular complexity index is 1120. The van der Waals surface area contributed by atoms with Gasteiger partial charge in [-0.05, 0) is 36.1 Å². The maximum atomic E-state index is 13.3. The van der Waals surface area contributed by atoms with Crippen molar-refractivity contribution in [3.8, 4) is 0 Å². The number of anilines is 1. The first-order chi connectivity index (χ1) is 16.3. The first-order valence-corrected chi connectivity index (χ1v) is 12.0. The van der Waals surface area contributed by atoms with Gasteiger partial charge in [-0.15, -0.1) is 0 Å². The first-order valence-electron chi connectivity index (χ1n) is 10.9. The van der Waals surface area contributed by atoms with E-state index in [9.17, 15) is 18.4 Å². The molecular weight excluding hydrogens is 454 g/mol. The summed E-state index contributed by atoms with van der Waals surface area (Å²) in [6.45, 7) is 3.39. The Hall–Kier alpha value is -3.50. The summed E-state index contributed by atoms with van der Waals surface area (Å²) >= 11 is -2.40. The van der Waals surface area contributed by atoms with E-state index in [1.165, 1.54) is 6.92 Å². The Kier molecular flexibility index (Phi) is 8.94. The Morgan fingerprint density at radius 3 is 2.29 bits per heavy atom. The normalized spacial score (nSPS) is 13.5. The molecule has 0 saturated heterocycles. The van der Waals surface area contributed by atoms with Gasteiger partial charge in [0.25, 0.3) is 0 Å². The van der Waals surface area contributed by atoms with Crippen molar-refractivity contribution in [1.29, 1.82) is 0 Å². The molecule has 1 unspecified atom stereocenters. The lowest BCUT2D eigenvalue weighted by Crippen LogP contribution is -2.48. The Labute approximate surface area is 201 Å². The fraction of sp³-hybridized carbons (Fsp3) is 0.292. The van der Waals surface area contributed by atoms with Gasteiger partial charge < -0.3 is 24.9 Å². The topological polar surface area (TPSA) is 139 Å². The highest BCUT2D eigenvalue weighted by molar-refractivity contribution is 7.80. The van der Waals surface area contributed by atoms with Gasteiger partial charge in [-0.25, -0.2) is 4.98 Å². The third-order valence-electron chi connectivity index (χ3n) is 5.25. The van der Waals surface area contributed by atoms with E-state index in [0.29, 0.717) is 24.4 Å². The van der Waals surface area contributed by atoms with Crippen LogP contribution < -0.4 is 15.4 Å². The standard InChI is InChI=1S/C24H29N5O4S/c1-3-19-15-25-23(27-19)21(13-18-9-11-20(12-10-18)29-34(32)33)28-24(31)22(26-16(2)30)14-17-7-5-4-6-8-17/h4-12,15,21-22,29H,3,13-14H2,1-2H3,(H,25,27)(H,26,30)(H,28,31)(H,32,33)/p-1/t21-,22-/m0/s1. The van der Waals surface area contributed by atoms with E-state index in [4.69, 9.17) is 0 Å². The molecule has 2 amide bonds. The number of imidazole rings is 1. The van der Waals surface area contributed by atoms with Crippen LogP contribution in [0.15, 0.2) is 60.8 Å². The second-order valence-corrected chi connectivity index (χ2v) is 8.56. The Balaban J connectivity index is 1.80. The SMILES string of the molecule is CCc1cnc([C@H](Cc2ccc(NS(=O)[O-])cc2)NC(=O)[C@H](Cc2ccccc2)NC(C)=O)[nH]1. The van der Waals surface area contributed by atoms with Crippen LogP contribution in [-0.2, 0) is 40.1 Å². The van der Waals surface area contributed by atoms with Crippen LogP contribution in [0.3, 0.4) is 0 Å². The molecule has 0 bridgehead atoms. The molecule has 0 spiro atoms. The summed E-state index contributed by atoms with van der Waals surface area (Å²) < 4.78 is 24.0.